The van der Waals surface area contributed by atoms with Gasteiger partial charge in [0.1, 0.15) is 0 Å². The van der Waals surface area contributed by atoms with Gasteiger partial charge in [-0.05, 0) is 24.3 Å². The van der Waals surface area contributed by atoms with Crippen molar-refractivity contribution in [3.8, 4) is 0 Å². The SMILES string of the molecule is O=Cc1ccc(Sc2ccccc2[N+](=O)[O-])cc1Cl. The average molecular weight is 294 g/mol. The monoisotopic (exact) mass is 293 g/mol. The molecule has 0 aliphatic rings. The zero-order valence-electron chi connectivity index (χ0n) is 9.58. The molecule has 0 heterocycles. The lowest BCUT2D eigenvalue weighted by molar-refractivity contribution is -0.387. The zero-order valence-corrected chi connectivity index (χ0v) is 11.1. The number of nitrogens with zero attached hydrogens (tertiary/aromatic N) is 1. The van der Waals surface area contributed by atoms with Crippen LogP contribution in [0.5, 0.6) is 0 Å². The molecular weight excluding hydrogens is 286 g/mol. The third-order valence-electron chi connectivity index (χ3n) is 2.39. The largest absolute Gasteiger partial charge is 0.298 e. The fourth-order valence-electron chi connectivity index (χ4n) is 1.49. The summed E-state index contributed by atoms with van der Waals surface area (Å²) in [5.74, 6) is 0. The van der Waals surface area contributed by atoms with E-state index in [9.17, 15) is 14.9 Å². The van der Waals surface area contributed by atoms with Crippen LogP contribution in [0.2, 0.25) is 5.02 Å². The third kappa shape index (κ3) is 3.13. The smallest absolute Gasteiger partial charge is 0.283 e. The summed E-state index contributed by atoms with van der Waals surface area (Å²) in [6.07, 6.45) is 0.668. The highest BCUT2D eigenvalue weighted by molar-refractivity contribution is 7.99. The molecule has 96 valence electrons. The molecule has 0 saturated carbocycles. The molecule has 0 aliphatic heterocycles. The van der Waals surface area contributed by atoms with Gasteiger partial charge >= 0.3 is 0 Å². The van der Waals surface area contributed by atoms with Crippen molar-refractivity contribution in [3.63, 3.8) is 0 Å². The molecular formula is C13H8ClNO3S. The number of nitro benzene ring substituents is 1. The standard InChI is InChI=1S/C13H8ClNO3S/c14-11-7-10(6-5-9(11)8-16)19-13-4-2-1-3-12(13)15(17)18/h1-8H. The summed E-state index contributed by atoms with van der Waals surface area (Å²) in [6.45, 7) is 0. The maximum atomic E-state index is 10.9. The Morgan fingerprint density at radius 1 is 1.21 bits per heavy atom. The van der Waals surface area contributed by atoms with Crippen molar-refractivity contribution >= 4 is 35.3 Å². The van der Waals surface area contributed by atoms with Crippen molar-refractivity contribution in [3.05, 3.63) is 63.2 Å². The van der Waals surface area contributed by atoms with Crippen LogP contribution >= 0.6 is 23.4 Å². The molecule has 0 bridgehead atoms. The van der Waals surface area contributed by atoms with E-state index in [1.165, 1.54) is 17.8 Å². The second-order valence-electron chi connectivity index (χ2n) is 3.63. The molecule has 19 heavy (non-hydrogen) atoms. The van der Waals surface area contributed by atoms with E-state index in [0.717, 1.165) is 4.90 Å². The molecule has 0 atom stereocenters. The molecule has 2 aromatic carbocycles. The average Bonchev–Trinajstić information content (AvgIpc) is 2.39. The topological polar surface area (TPSA) is 60.2 Å². The number of hydrogen-bond donors (Lipinski definition) is 0. The van der Waals surface area contributed by atoms with Gasteiger partial charge in [-0.1, -0.05) is 35.5 Å². The fourth-order valence-corrected chi connectivity index (χ4v) is 2.74. The van der Waals surface area contributed by atoms with Gasteiger partial charge < -0.3 is 0 Å². The number of rotatable bonds is 4. The Morgan fingerprint density at radius 3 is 2.58 bits per heavy atom. The van der Waals surface area contributed by atoms with Crippen LogP contribution in [0.1, 0.15) is 10.4 Å². The predicted molar refractivity (Wildman–Crippen MR) is 74.1 cm³/mol. The summed E-state index contributed by atoms with van der Waals surface area (Å²) in [4.78, 5) is 22.4. The first kappa shape index (κ1) is 13.6. The highest BCUT2D eigenvalue weighted by atomic mass is 35.5. The molecule has 0 saturated heterocycles. The number of carbonyl (C=O) groups excluding carboxylic acids is 1. The van der Waals surface area contributed by atoms with E-state index >= 15 is 0 Å². The minimum Gasteiger partial charge on any atom is -0.298 e. The molecule has 2 rings (SSSR count). The van der Waals surface area contributed by atoms with Gasteiger partial charge in [-0.2, -0.15) is 0 Å². The van der Waals surface area contributed by atoms with Crippen LogP contribution in [0, 0.1) is 10.1 Å². The number of carbonyl (C=O) groups is 1. The van der Waals surface area contributed by atoms with Crippen LogP contribution in [-0.2, 0) is 0 Å². The Kier molecular flexibility index (Phi) is 4.19. The lowest BCUT2D eigenvalue weighted by atomic mass is 10.2. The molecule has 0 N–H and O–H groups in total. The van der Waals surface area contributed by atoms with Gasteiger partial charge in [0.15, 0.2) is 6.29 Å². The Bertz CT molecular complexity index is 646. The highest BCUT2D eigenvalue weighted by Crippen LogP contribution is 2.35. The van der Waals surface area contributed by atoms with Crippen LogP contribution in [0.3, 0.4) is 0 Å². The highest BCUT2D eigenvalue weighted by Gasteiger charge is 2.13. The lowest BCUT2D eigenvalue weighted by Crippen LogP contribution is -1.90. The van der Waals surface area contributed by atoms with Crippen LogP contribution in [-0.4, -0.2) is 11.2 Å². The Morgan fingerprint density at radius 2 is 1.95 bits per heavy atom. The van der Waals surface area contributed by atoms with Gasteiger partial charge in [0.05, 0.1) is 14.8 Å². The second kappa shape index (κ2) is 5.86. The summed E-state index contributed by atoms with van der Waals surface area (Å²) in [6, 6.07) is 11.4. The molecule has 0 aliphatic carbocycles. The molecule has 2 aromatic rings. The summed E-state index contributed by atoms with van der Waals surface area (Å²) >= 11 is 7.15. The quantitative estimate of drug-likeness (QED) is 0.481. The van der Waals surface area contributed by atoms with E-state index in [1.807, 2.05) is 0 Å². The molecule has 6 heteroatoms. The third-order valence-corrected chi connectivity index (χ3v) is 3.77. The Balaban J connectivity index is 2.34. The number of halogens is 1. The van der Waals surface area contributed by atoms with Crippen molar-refractivity contribution in [2.24, 2.45) is 0 Å². The maximum absolute atomic E-state index is 10.9. The number of aldehydes is 1. The normalized spacial score (nSPS) is 10.2. The number of nitro groups is 1. The minimum absolute atomic E-state index is 0.0445. The van der Waals surface area contributed by atoms with Crippen molar-refractivity contribution in [1.29, 1.82) is 0 Å². The molecule has 4 nitrogen and oxygen atoms in total. The molecule has 0 aromatic heterocycles. The zero-order chi connectivity index (χ0) is 13.8. The lowest BCUT2D eigenvalue weighted by Gasteiger charge is -2.04. The van der Waals surface area contributed by atoms with Gasteiger partial charge in [-0.15, -0.1) is 0 Å². The van der Waals surface area contributed by atoms with Gasteiger partial charge in [-0.25, -0.2) is 0 Å². The summed E-state index contributed by atoms with van der Waals surface area (Å²) < 4.78 is 0. The van der Waals surface area contributed by atoms with E-state index in [2.05, 4.69) is 0 Å². The number of benzene rings is 2. The molecule has 0 amide bonds. The summed E-state index contributed by atoms with van der Waals surface area (Å²) in [7, 11) is 0. The van der Waals surface area contributed by atoms with Gasteiger partial charge in [0.25, 0.3) is 5.69 Å². The minimum atomic E-state index is -0.427. The van der Waals surface area contributed by atoms with Crippen molar-refractivity contribution in [1.82, 2.24) is 0 Å². The van der Waals surface area contributed by atoms with Crippen LogP contribution in [0.4, 0.5) is 5.69 Å². The number of para-hydroxylation sites is 1. The van der Waals surface area contributed by atoms with Crippen molar-refractivity contribution in [2.75, 3.05) is 0 Å². The van der Waals surface area contributed by atoms with Crippen molar-refractivity contribution in [2.45, 2.75) is 9.79 Å². The Labute approximate surface area is 118 Å². The van der Waals surface area contributed by atoms with Gasteiger partial charge in [0.2, 0.25) is 0 Å². The second-order valence-corrected chi connectivity index (χ2v) is 5.15. The van der Waals surface area contributed by atoms with Gasteiger partial charge in [0, 0.05) is 16.5 Å². The van der Waals surface area contributed by atoms with Crippen LogP contribution in [0.25, 0.3) is 0 Å². The molecule has 0 spiro atoms. The van der Waals surface area contributed by atoms with E-state index in [1.54, 1.807) is 36.4 Å². The van der Waals surface area contributed by atoms with Crippen LogP contribution in [0.15, 0.2) is 52.3 Å². The van der Waals surface area contributed by atoms with E-state index in [-0.39, 0.29) is 5.69 Å². The first-order chi connectivity index (χ1) is 9.11. The summed E-state index contributed by atoms with van der Waals surface area (Å²) in [5, 5.41) is 11.2. The first-order valence-corrected chi connectivity index (χ1v) is 6.47. The molecule has 0 unspecified atom stereocenters. The van der Waals surface area contributed by atoms with Gasteiger partial charge in [-0.3, -0.25) is 14.9 Å². The number of hydrogen-bond acceptors (Lipinski definition) is 4. The Hall–Kier alpha value is -1.85. The van der Waals surface area contributed by atoms with E-state index in [4.69, 9.17) is 11.6 Å². The fraction of sp³-hybridized carbons (Fsp3) is 0. The van der Waals surface area contributed by atoms with E-state index < -0.39 is 4.92 Å². The predicted octanol–water partition coefficient (Wildman–Crippen LogP) is 4.21. The first-order valence-electron chi connectivity index (χ1n) is 5.28. The van der Waals surface area contributed by atoms with Crippen molar-refractivity contribution < 1.29 is 9.72 Å². The van der Waals surface area contributed by atoms with Crippen LogP contribution < -0.4 is 0 Å². The summed E-state index contributed by atoms with van der Waals surface area (Å²) in [5.41, 5.74) is 0.441. The van der Waals surface area contributed by atoms with E-state index in [0.29, 0.717) is 21.8 Å². The molecule has 0 fully saturated rings. The molecule has 0 radical (unpaired) electrons. The maximum Gasteiger partial charge on any atom is 0.283 e.